The van der Waals surface area contributed by atoms with Crippen LogP contribution in [0.2, 0.25) is 0 Å². The lowest BCUT2D eigenvalue weighted by atomic mass is 9.76. The number of carbonyl (C=O) groups excluding carboxylic acids is 4. The number of nitrogens with one attached hydrogen (secondary N) is 4. The third-order valence-corrected chi connectivity index (χ3v) is 12.1. The van der Waals surface area contributed by atoms with Gasteiger partial charge in [-0.2, -0.15) is 0 Å². The molecule has 4 amide bonds. The number of carbonyl (C=O) groups is 4. The smallest absolute Gasteiger partial charge is 0.410 e. The third kappa shape index (κ3) is 10.0. The molecule has 4 N–H and O–H groups in total. The molecule has 3 aromatic heterocycles. The van der Waals surface area contributed by atoms with E-state index in [2.05, 4.69) is 20.6 Å². The zero-order chi connectivity index (χ0) is 48.1. The zero-order valence-electron chi connectivity index (χ0n) is 40.9. The van der Waals surface area contributed by atoms with Crippen molar-refractivity contribution in [2.45, 2.75) is 120 Å². The summed E-state index contributed by atoms with van der Waals surface area (Å²) in [6, 6.07) is 10.4. The second-order valence-electron chi connectivity index (χ2n) is 21.6. The Morgan fingerprint density at radius 3 is 1.14 bits per heavy atom. The normalized spacial score (nSPS) is 15.4. The number of fused-ring (bicyclic) bond motifs is 2. The summed E-state index contributed by atoms with van der Waals surface area (Å²) in [5, 5.41) is 6.31. The van der Waals surface area contributed by atoms with Crippen LogP contribution in [0.4, 0.5) is 9.59 Å². The van der Waals surface area contributed by atoms with E-state index >= 15 is 0 Å². The molecule has 16 heteroatoms. The summed E-state index contributed by atoms with van der Waals surface area (Å²) in [6.07, 6.45) is 2.22. The van der Waals surface area contributed by atoms with E-state index in [1.807, 2.05) is 119 Å². The van der Waals surface area contributed by atoms with Gasteiger partial charge >= 0.3 is 12.2 Å². The number of nitrogens with zero attached hydrogens (tertiary/aromatic N) is 6. The highest BCUT2D eigenvalue weighted by Gasteiger charge is 2.51. The molecule has 5 rings (SSSR count). The Kier molecular flexibility index (Phi) is 13.1. The largest absolute Gasteiger partial charge is 0.432 e. The van der Waals surface area contributed by atoms with Gasteiger partial charge in [-0.3, -0.25) is 19.6 Å². The van der Waals surface area contributed by atoms with Crippen LogP contribution in [0.25, 0.3) is 44.6 Å². The number of benzene rings is 2. The van der Waals surface area contributed by atoms with Gasteiger partial charge in [0.05, 0.1) is 57.9 Å². The molecular formula is C48H68N10O6. The molecular weight excluding hydrogens is 813 g/mol. The predicted octanol–water partition coefficient (Wildman–Crippen LogP) is 8.98. The van der Waals surface area contributed by atoms with E-state index in [0.717, 1.165) is 22.2 Å². The molecule has 2 unspecified atom stereocenters. The maximum atomic E-state index is 14.1. The van der Waals surface area contributed by atoms with Gasteiger partial charge in [-0.05, 0) is 48.9 Å². The first-order valence-electron chi connectivity index (χ1n) is 21.5. The first-order valence-corrected chi connectivity index (χ1v) is 21.5. The maximum absolute atomic E-state index is 14.1. The van der Waals surface area contributed by atoms with Gasteiger partial charge in [0.2, 0.25) is 0 Å². The summed E-state index contributed by atoms with van der Waals surface area (Å²) in [6.45, 7) is 26.5. The van der Waals surface area contributed by atoms with Crippen molar-refractivity contribution in [1.29, 1.82) is 0 Å². The lowest BCUT2D eigenvalue weighted by molar-refractivity contribution is -0.153. The van der Waals surface area contributed by atoms with Gasteiger partial charge in [0.25, 0.3) is 11.8 Å². The minimum Gasteiger partial charge on any atom is -0.432 e. The summed E-state index contributed by atoms with van der Waals surface area (Å²) in [5.74, 6) is 0.267. The van der Waals surface area contributed by atoms with Crippen molar-refractivity contribution in [3.63, 3.8) is 0 Å². The van der Waals surface area contributed by atoms with E-state index in [1.54, 1.807) is 54.4 Å². The second-order valence-corrected chi connectivity index (χ2v) is 21.6. The number of rotatable bonds is 10. The van der Waals surface area contributed by atoms with E-state index in [9.17, 15) is 19.2 Å². The molecule has 0 bridgehead atoms. The van der Waals surface area contributed by atoms with Crippen LogP contribution < -0.4 is 10.6 Å². The van der Waals surface area contributed by atoms with Crippen molar-refractivity contribution in [3.8, 4) is 22.5 Å². The number of H-pyrrole nitrogens is 2. The molecule has 3 heterocycles. The number of imidazole rings is 2. The lowest BCUT2D eigenvalue weighted by Gasteiger charge is -2.42. The predicted molar refractivity (Wildman–Crippen MR) is 249 cm³/mol. The minimum atomic E-state index is -1.48. The summed E-state index contributed by atoms with van der Waals surface area (Å²) < 4.78 is 11.6. The highest BCUT2D eigenvalue weighted by molar-refractivity contribution is 5.90. The van der Waals surface area contributed by atoms with Crippen LogP contribution in [0.5, 0.6) is 0 Å². The highest BCUT2D eigenvalue weighted by Crippen LogP contribution is 2.40. The molecule has 0 saturated carbocycles. The summed E-state index contributed by atoms with van der Waals surface area (Å²) in [4.78, 5) is 82.3. The van der Waals surface area contributed by atoms with Crippen LogP contribution in [0.3, 0.4) is 0 Å². The van der Waals surface area contributed by atoms with E-state index in [1.165, 1.54) is 9.80 Å². The van der Waals surface area contributed by atoms with E-state index < -0.39 is 68.9 Å². The molecule has 2 aromatic carbocycles. The quantitative estimate of drug-likeness (QED) is 0.105. The first kappa shape index (κ1) is 49.0. The van der Waals surface area contributed by atoms with E-state index in [0.29, 0.717) is 34.1 Å². The van der Waals surface area contributed by atoms with Crippen molar-refractivity contribution >= 4 is 46.1 Å². The fourth-order valence-electron chi connectivity index (χ4n) is 6.82. The molecule has 16 nitrogen and oxygen atoms in total. The van der Waals surface area contributed by atoms with Crippen LogP contribution in [-0.2, 0) is 19.1 Å². The Morgan fingerprint density at radius 2 is 0.875 bits per heavy atom. The molecule has 0 aliphatic heterocycles. The van der Waals surface area contributed by atoms with Crippen LogP contribution in [0, 0.1) is 21.7 Å². The van der Waals surface area contributed by atoms with E-state index in [4.69, 9.17) is 29.4 Å². The van der Waals surface area contributed by atoms with Gasteiger partial charge < -0.3 is 39.9 Å². The first-order chi connectivity index (χ1) is 29.3. The Bertz CT molecular complexity index is 2360. The number of aromatic amines is 2. The number of ether oxygens (including phenoxy) is 2. The molecule has 0 aliphatic rings. The molecule has 0 saturated heterocycles. The monoisotopic (exact) mass is 881 g/mol. The Balaban J connectivity index is 1.39. The van der Waals surface area contributed by atoms with Crippen molar-refractivity contribution < 1.29 is 28.7 Å². The number of aromatic nitrogens is 6. The average molecular weight is 881 g/mol. The van der Waals surface area contributed by atoms with Gasteiger partial charge in [0.1, 0.15) is 11.6 Å². The SMILES string of the molecule is CN(C)C(=O)OC(C)(C(=O)N[C@H](c1nc2ccc(-c3cnc(-c4ccc5nc([C@@H](NC(=O)C(C)(OC(=O)N(C)C)C(C)(C)C)C(C)(C)C)[nH]c5c4)cn3)cc2[nH]1)C(C)(C)C)C(C)(C)C. The topological polar surface area (TPSA) is 200 Å². The standard InChI is InChI=1S/C48H68N10O6/c1-43(2,3)35(55-39(59)47(13,45(7,8)9)63-41(61)57(15)16)37-51-29-21-19-27(23-31(29)53-37)33-25-50-34(26-49-33)28-20-22-30-32(24-28)54-38(52-30)36(44(4,5)6)56-40(60)48(14,46(10,11)12)64-42(62)58(17)18/h19-26,35-36H,1-18H3,(H,51,53)(H,52,54)(H,55,59)(H,56,60)/t35-,36-,47?,48?/m1/s1. The second kappa shape index (κ2) is 17.1. The molecule has 0 fully saturated rings. The Hall–Kier alpha value is -6.06. The number of amides is 4. The van der Waals surface area contributed by atoms with Crippen LogP contribution >= 0.6 is 0 Å². The van der Waals surface area contributed by atoms with E-state index in [-0.39, 0.29) is 0 Å². The fourth-order valence-corrected chi connectivity index (χ4v) is 6.82. The zero-order valence-corrected chi connectivity index (χ0v) is 40.9. The molecule has 5 aromatic rings. The third-order valence-electron chi connectivity index (χ3n) is 12.1. The molecule has 4 atom stereocenters. The number of hydrogen-bond donors (Lipinski definition) is 4. The highest BCUT2D eigenvalue weighted by atomic mass is 16.6. The molecule has 0 radical (unpaired) electrons. The average Bonchev–Trinajstić information content (AvgIpc) is 3.80. The summed E-state index contributed by atoms with van der Waals surface area (Å²) >= 11 is 0. The maximum Gasteiger partial charge on any atom is 0.410 e. The molecule has 346 valence electrons. The Morgan fingerprint density at radius 1 is 0.547 bits per heavy atom. The number of hydrogen-bond acceptors (Lipinski definition) is 10. The van der Waals surface area contributed by atoms with Crippen LogP contribution in [-0.4, -0.2) is 103 Å². The van der Waals surface area contributed by atoms with Crippen molar-refractivity contribution in [1.82, 2.24) is 50.3 Å². The fraction of sp³-hybridized carbons (Fsp3) is 0.542. The van der Waals surface area contributed by atoms with Crippen molar-refractivity contribution in [3.05, 3.63) is 60.4 Å². The van der Waals surface area contributed by atoms with Crippen molar-refractivity contribution in [2.24, 2.45) is 21.7 Å². The van der Waals surface area contributed by atoms with Gasteiger partial charge in [-0.15, -0.1) is 0 Å². The van der Waals surface area contributed by atoms with Crippen LogP contribution in [0.15, 0.2) is 48.8 Å². The molecule has 0 spiro atoms. The van der Waals surface area contributed by atoms with Gasteiger partial charge in [0, 0.05) is 50.1 Å². The van der Waals surface area contributed by atoms with Gasteiger partial charge in [-0.25, -0.2) is 19.6 Å². The minimum absolute atomic E-state index is 0.429. The van der Waals surface area contributed by atoms with Gasteiger partial charge in [-0.1, -0.05) is 95.2 Å². The Labute approximate surface area is 377 Å². The molecule has 64 heavy (non-hydrogen) atoms. The summed E-state index contributed by atoms with van der Waals surface area (Å²) in [7, 11) is 6.32. The van der Waals surface area contributed by atoms with Gasteiger partial charge in [0.15, 0.2) is 11.2 Å². The lowest BCUT2D eigenvalue weighted by Crippen LogP contribution is -2.58. The molecule has 0 aliphatic carbocycles. The summed E-state index contributed by atoms with van der Waals surface area (Å²) in [5.41, 5.74) is 0.505. The van der Waals surface area contributed by atoms with Crippen LogP contribution in [0.1, 0.15) is 121 Å². The van der Waals surface area contributed by atoms with Crippen molar-refractivity contribution in [2.75, 3.05) is 28.2 Å².